The van der Waals surface area contributed by atoms with Crippen LogP contribution >= 0.6 is 0 Å². The van der Waals surface area contributed by atoms with Gasteiger partial charge in [0, 0.05) is 37.3 Å². The zero-order chi connectivity index (χ0) is 25.8. The van der Waals surface area contributed by atoms with E-state index in [0.717, 1.165) is 35.9 Å². The third-order valence-electron chi connectivity index (χ3n) is 6.43. The molecular formula is C24H28N8O3S. The van der Waals surface area contributed by atoms with Crippen molar-refractivity contribution >= 4 is 50.0 Å². The predicted octanol–water partition coefficient (Wildman–Crippen LogP) is 3.46. The third kappa shape index (κ3) is 4.51. The van der Waals surface area contributed by atoms with Crippen LogP contribution in [0.1, 0.15) is 24.4 Å². The number of aromatic amines is 1. The van der Waals surface area contributed by atoms with E-state index >= 15 is 0 Å². The lowest BCUT2D eigenvalue weighted by Crippen LogP contribution is -2.25. The number of H-pyrrole nitrogens is 1. The molecule has 0 spiro atoms. The van der Waals surface area contributed by atoms with E-state index in [0.29, 0.717) is 39.9 Å². The molecule has 1 aliphatic carbocycles. The Morgan fingerprint density at radius 1 is 1.17 bits per heavy atom. The number of nitrogens with zero attached hydrogens (tertiary/aromatic N) is 5. The molecule has 0 bridgehead atoms. The fourth-order valence-corrected chi connectivity index (χ4v) is 4.52. The highest BCUT2D eigenvalue weighted by atomic mass is 32.2. The lowest BCUT2D eigenvalue weighted by atomic mass is 10.0. The maximum atomic E-state index is 12.5. The highest BCUT2D eigenvalue weighted by molar-refractivity contribution is 7.92. The monoisotopic (exact) mass is 508 g/mol. The molecule has 0 aliphatic heterocycles. The summed E-state index contributed by atoms with van der Waals surface area (Å²) in [4.78, 5) is 24.5. The molecule has 1 saturated carbocycles. The molecule has 1 aromatic carbocycles. The van der Waals surface area contributed by atoms with Gasteiger partial charge in [0.15, 0.2) is 5.65 Å². The summed E-state index contributed by atoms with van der Waals surface area (Å²) in [5, 5.41) is 10.5. The standard InChI is InChI=1S/C24H28N8O3S/c1-13-17(12-25-31(13)3)16-8-9-18(20(10-16)32(4)36(5,34)35)28-19-11-21(30-24(33)15-6-7-15)29-23-22(19)26-14(2)27-23/h8-12,15H,6-7H2,1-5H3,(H3,26,27,28,29,30,33). The zero-order valence-electron chi connectivity index (χ0n) is 20.7. The average Bonchev–Trinajstić information content (AvgIpc) is 3.52. The van der Waals surface area contributed by atoms with Gasteiger partial charge < -0.3 is 15.6 Å². The molecule has 1 amide bonds. The van der Waals surface area contributed by atoms with Gasteiger partial charge in [0.2, 0.25) is 15.9 Å². The number of amides is 1. The number of pyridine rings is 1. The molecule has 3 heterocycles. The third-order valence-corrected chi connectivity index (χ3v) is 7.62. The Morgan fingerprint density at radius 3 is 2.56 bits per heavy atom. The Bertz CT molecular complexity index is 1600. The van der Waals surface area contributed by atoms with Crippen molar-refractivity contribution in [2.45, 2.75) is 26.7 Å². The van der Waals surface area contributed by atoms with Crippen molar-refractivity contribution in [1.82, 2.24) is 24.7 Å². The first-order valence-electron chi connectivity index (χ1n) is 11.5. The number of aromatic nitrogens is 5. The van der Waals surface area contributed by atoms with Crippen LogP contribution in [-0.2, 0) is 21.9 Å². The van der Waals surface area contributed by atoms with Crippen LogP contribution in [0.4, 0.5) is 22.9 Å². The summed E-state index contributed by atoms with van der Waals surface area (Å²) in [5.41, 5.74) is 5.44. The van der Waals surface area contributed by atoms with E-state index in [9.17, 15) is 13.2 Å². The summed E-state index contributed by atoms with van der Waals surface area (Å²) in [5.74, 6) is 1.02. The van der Waals surface area contributed by atoms with Gasteiger partial charge in [-0.05, 0) is 44.4 Å². The van der Waals surface area contributed by atoms with E-state index in [-0.39, 0.29) is 11.8 Å². The second kappa shape index (κ2) is 8.63. The van der Waals surface area contributed by atoms with E-state index in [1.165, 1.54) is 11.4 Å². The quantitative estimate of drug-likeness (QED) is 0.347. The lowest BCUT2D eigenvalue weighted by molar-refractivity contribution is -0.117. The summed E-state index contributed by atoms with van der Waals surface area (Å²) in [6.45, 7) is 3.78. The maximum absolute atomic E-state index is 12.5. The van der Waals surface area contributed by atoms with Crippen molar-refractivity contribution in [3.63, 3.8) is 0 Å². The largest absolute Gasteiger partial charge is 0.352 e. The number of hydrogen-bond acceptors (Lipinski definition) is 7. The SMILES string of the molecule is Cc1nc2nc(NC(=O)C3CC3)cc(Nc3ccc(-c4cnn(C)c4C)cc3N(C)S(C)(=O)=O)c2[nH]1. The number of carbonyl (C=O) groups is 1. The molecule has 12 heteroatoms. The van der Waals surface area contributed by atoms with Crippen molar-refractivity contribution < 1.29 is 13.2 Å². The molecule has 36 heavy (non-hydrogen) atoms. The Labute approximate surface area is 209 Å². The Kier molecular flexibility index (Phi) is 5.70. The predicted molar refractivity (Wildman–Crippen MR) is 140 cm³/mol. The fourth-order valence-electron chi connectivity index (χ4n) is 4.01. The van der Waals surface area contributed by atoms with Crippen LogP contribution in [0.25, 0.3) is 22.3 Å². The molecule has 188 valence electrons. The second-order valence-electron chi connectivity index (χ2n) is 9.19. The minimum Gasteiger partial charge on any atom is -0.352 e. The lowest BCUT2D eigenvalue weighted by Gasteiger charge is -2.22. The topological polar surface area (TPSA) is 138 Å². The highest BCUT2D eigenvalue weighted by Gasteiger charge is 2.30. The van der Waals surface area contributed by atoms with Crippen LogP contribution < -0.4 is 14.9 Å². The first-order chi connectivity index (χ1) is 17.0. The van der Waals surface area contributed by atoms with E-state index < -0.39 is 10.0 Å². The smallest absolute Gasteiger partial charge is 0.232 e. The molecule has 5 rings (SSSR count). The average molecular weight is 509 g/mol. The van der Waals surface area contributed by atoms with Crippen LogP contribution in [0.5, 0.6) is 0 Å². The molecule has 0 atom stereocenters. The number of sulfonamides is 1. The molecule has 1 fully saturated rings. The van der Waals surface area contributed by atoms with E-state index in [4.69, 9.17) is 0 Å². The Hall–Kier alpha value is -3.93. The number of imidazole rings is 1. The zero-order valence-corrected chi connectivity index (χ0v) is 21.6. The Balaban J connectivity index is 1.60. The molecule has 0 saturated heterocycles. The van der Waals surface area contributed by atoms with Gasteiger partial charge in [-0.25, -0.2) is 18.4 Å². The number of nitrogens with one attached hydrogen (secondary N) is 3. The Morgan fingerprint density at radius 2 is 1.92 bits per heavy atom. The minimum atomic E-state index is -3.56. The maximum Gasteiger partial charge on any atom is 0.232 e. The van der Waals surface area contributed by atoms with Gasteiger partial charge in [0.1, 0.15) is 17.2 Å². The van der Waals surface area contributed by atoms with Gasteiger partial charge in [-0.2, -0.15) is 5.10 Å². The van der Waals surface area contributed by atoms with E-state index in [1.54, 1.807) is 16.9 Å². The van der Waals surface area contributed by atoms with Crippen molar-refractivity contribution in [3.8, 4) is 11.1 Å². The second-order valence-corrected chi connectivity index (χ2v) is 11.2. The highest BCUT2D eigenvalue weighted by Crippen LogP contribution is 2.37. The summed E-state index contributed by atoms with van der Waals surface area (Å²) in [6.07, 6.45) is 4.68. The van der Waals surface area contributed by atoms with Crippen molar-refractivity contribution in [3.05, 3.63) is 42.0 Å². The van der Waals surface area contributed by atoms with Crippen molar-refractivity contribution in [1.29, 1.82) is 0 Å². The number of benzene rings is 1. The van der Waals surface area contributed by atoms with Gasteiger partial charge in [0.05, 0.1) is 29.5 Å². The normalized spacial score (nSPS) is 13.7. The van der Waals surface area contributed by atoms with Crippen molar-refractivity contribution in [2.75, 3.05) is 28.2 Å². The molecule has 0 unspecified atom stereocenters. The van der Waals surface area contributed by atoms with Crippen LogP contribution in [0.15, 0.2) is 30.5 Å². The van der Waals surface area contributed by atoms with Gasteiger partial charge >= 0.3 is 0 Å². The van der Waals surface area contributed by atoms with E-state index in [2.05, 4.69) is 30.7 Å². The molecule has 1 aliphatic rings. The molecule has 0 radical (unpaired) electrons. The number of anilines is 4. The molecular weight excluding hydrogens is 480 g/mol. The van der Waals surface area contributed by atoms with E-state index in [1.807, 2.05) is 39.1 Å². The number of aryl methyl sites for hydroxylation is 2. The van der Waals surface area contributed by atoms with Crippen molar-refractivity contribution in [2.24, 2.45) is 13.0 Å². The molecule has 3 N–H and O–H groups in total. The van der Waals surface area contributed by atoms with Gasteiger partial charge in [-0.1, -0.05) is 6.07 Å². The molecule has 11 nitrogen and oxygen atoms in total. The number of rotatable bonds is 7. The summed E-state index contributed by atoms with van der Waals surface area (Å²) in [6, 6.07) is 7.29. The molecule has 3 aromatic heterocycles. The first-order valence-corrected chi connectivity index (χ1v) is 13.4. The van der Waals surface area contributed by atoms with Crippen LogP contribution in [0.2, 0.25) is 0 Å². The van der Waals surface area contributed by atoms with Crippen LogP contribution in [0, 0.1) is 19.8 Å². The summed E-state index contributed by atoms with van der Waals surface area (Å²) in [7, 11) is -0.183. The molecule has 4 aromatic rings. The van der Waals surface area contributed by atoms with Gasteiger partial charge in [-0.3, -0.25) is 13.8 Å². The first kappa shape index (κ1) is 23.8. The minimum absolute atomic E-state index is 0.0262. The van der Waals surface area contributed by atoms with Gasteiger partial charge in [0.25, 0.3) is 0 Å². The summed E-state index contributed by atoms with van der Waals surface area (Å²) < 4.78 is 28.1. The van der Waals surface area contributed by atoms with Crippen LogP contribution in [0.3, 0.4) is 0 Å². The number of hydrogen-bond donors (Lipinski definition) is 3. The van der Waals surface area contributed by atoms with Crippen LogP contribution in [-0.4, -0.2) is 52.4 Å². The fraction of sp³-hybridized carbons (Fsp3) is 0.333. The number of carbonyl (C=O) groups excluding carboxylic acids is 1. The van der Waals surface area contributed by atoms with Gasteiger partial charge in [-0.15, -0.1) is 0 Å². The summed E-state index contributed by atoms with van der Waals surface area (Å²) >= 11 is 0. The number of fused-ring (bicyclic) bond motifs is 1.